The number of hydrogen-bond donors (Lipinski definition) is 2. The normalized spacial score (nSPS) is 14.4. The van der Waals surface area contributed by atoms with Crippen LogP contribution >= 0.6 is 23.2 Å². The van der Waals surface area contributed by atoms with Crippen molar-refractivity contribution >= 4 is 28.9 Å². The summed E-state index contributed by atoms with van der Waals surface area (Å²) in [7, 11) is 3.40. The first kappa shape index (κ1) is 20.9. The molecule has 0 atom stereocenters. The molecule has 156 valence electrons. The van der Waals surface area contributed by atoms with Gasteiger partial charge >= 0.3 is 0 Å². The summed E-state index contributed by atoms with van der Waals surface area (Å²) < 4.78 is 5.47. The molecule has 1 aliphatic heterocycles. The van der Waals surface area contributed by atoms with Crippen LogP contribution in [0, 0.1) is 0 Å². The number of aromatic nitrogens is 2. The van der Waals surface area contributed by atoms with Crippen LogP contribution in [-0.4, -0.2) is 53.3 Å². The summed E-state index contributed by atoms with van der Waals surface area (Å²) >= 11 is 13.4. The average Bonchev–Trinajstić information content (AvgIpc) is 2.73. The van der Waals surface area contributed by atoms with Crippen molar-refractivity contribution in [2.45, 2.75) is 12.6 Å². The van der Waals surface area contributed by atoms with E-state index in [0.717, 1.165) is 28.1 Å². The smallest absolute Gasteiger partial charge is 0.237 e. The lowest BCUT2D eigenvalue weighted by atomic mass is 10.0. The van der Waals surface area contributed by atoms with Crippen LogP contribution in [0.3, 0.4) is 0 Å². The molecule has 0 amide bonds. The number of rotatable bonds is 6. The lowest BCUT2D eigenvalue weighted by Crippen LogP contribution is -2.50. The Bertz CT molecular complexity index is 1070. The summed E-state index contributed by atoms with van der Waals surface area (Å²) in [5.41, 5.74) is 4.57. The van der Waals surface area contributed by atoms with Crippen LogP contribution < -0.4 is 10.1 Å². The zero-order valence-corrected chi connectivity index (χ0v) is 18.2. The van der Waals surface area contributed by atoms with Gasteiger partial charge in [-0.3, -0.25) is 9.88 Å². The minimum Gasteiger partial charge on any atom is -0.480 e. The zero-order chi connectivity index (χ0) is 21.3. The van der Waals surface area contributed by atoms with Crippen molar-refractivity contribution in [3.05, 3.63) is 58.3 Å². The standard InChI is InChI=1S/C22H22Cl2N4O2/c1-25-17-8-4-6-15(21(17)24)14-5-3-7-16(20(14)23)18-9-26-19(22(27-18)30-2)12-28-10-13(29)11-28/h3-9,13,25,29H,10-12H2,1-2H3. The summed E-state index contributed by atoms with van der Waals surface area (Å²) in [5.74, 6) is 0.450. The number of anilines is 1. The molecule has 1 fully saturated rings. The van der Waals surface area contributed by atoms with E-state index in [1.165, 1.54) is 0 Å². The van der Waals surface area contributed by atoms with E-state index in [2.05, 4.69) is 20.2 Å². The van der Waals surface area contributed by atoms with Gasteiger partial charge in [-0.05, 0) is 6.07 Å². The lowest BCUT2D eigenvalue weighted by molar-refractivity contribution is -0.00402. The Hall–Kier alpha value is -2.38. The first-order valence-corrected chi connectivity index (χ1v) is 10.3. The van der Waals surface area contributed by atoms with E-state index in [-0.39, 0.29) is 6.10 Å². The van der Waals surface area contributed by atoms with E-state index in [0.29, 0.717) is 41.3 Å². The predicted octanol–water partition coefficient (Wildman–Crippen LogP) is 4.34. The van der Waals surface area contributed by atoms with Gasteiger partial charge in [0.25, 0.3) is 0 Å². The Morgan fingerprint density at radius 1 is 1.10 bits per heavy atom. The first-order valence-electron chi connectivity index (χ1n) is 9.57. The number of methoxy groups -OCH3 is 1. The second-order valence-corrected chi connectivity index (χ2v) is 7.90. The van der Waals surface area contributed by atoms with Gasteiger partial charge in [0.15, 0.2) is 0 Å². The monoisotopic (exact) mass is 444 g/mol. The maximum absolute atomic E-state index is 9.48. The van der Waals surface area contributed by atoms with Crippen LogP contribution in [0.25, 0.3) is 22.4 Å². The number of halogens is 2. The molecule has 1 aliphatic rings. The Morgan fingerprint density at radius 2 is 1.77 bits per heavy atom. The molecule has 2 N–H and O–H groups in total. The zero-order valence-electron chi connectivity index (χ0n) is 16.7. The SMILES string of the molecule is CNc1cccc(-c2cccc(-c3cnc(CN4CC(O)C4)c(OC)n3)c2Cl)c1Cl. The highest BCUT2D eigenvalue weighted by atomic mass is 35.5. The summed E-state index contributed by atoms with van der Waals surface area (Å²) in [4.78, 5) is 11.3. The number of aliphatic hydroxyl groups is 1. The molecule has 0 aliphatic carbocycles. The maximum Gasteiger partial charge on any atom is 0.237 e. The van der Waals surface area contributed by atoms with Gasteiger partial charge in [0.1, 0.15) is 5.69 Å². The molecule has 0 unspecified atom stereocenters. The number of nitrogens with zero attached hydrogens (tertiary/aromatic N) is 3. The van der Waals surface area contributed by atoms with Crippen molar-refractivity contribution < 1.29 is 9.84 Å². The number of nitrogens with one attached hydrogen (secondary N) is 1. The van der Waals surface area contributed by atoms with Gasteiger partial charge in [-0.1, -0.05) is 53.5 Å². The van der Waals surface area contributed by atoms with Crippen molar-refractivity contribution in [3.63, 3.8) is 0 Å². The Labute approximate surface area is 185 Å². The van der Waals surface area contributed by atoms with Gasteiger partial charge in [-0.25, -0.2) is 4.98 Å². The van der Waals surface area contributed by atoms with Crippen molar-refractivity contribution in [1.82, 2.24) is 14.9 Å². The minimum absolute atomic E-state index is 0.266. The van der Waals surface area contributed by atoms with Crippen LogP contribution in [0.5, 0.6) is 5.88 Å². The van der Waals surface area contributed by atoms with Gasteiger partial charge in [-0.2, -0.15) is 0 Å². The topological polar surface area (TPSA) is 70.5 Å². The van der Waals surface area contributed by atoms with Crippen LogP contribution in [-0.2, 0) is 6.54 Å². The van der Waals surface area contributed by atoms with Gasteiger partial charge in [-0.15, -0.1) is 0 Å². The summed E-state index contributed by atoms with van der Waals surface area (Å²) in [5, 5.41) is 13.7. The molecule has 3 aromatic rings. The number of hydrogen-bond acceptors (Lipinski definition) is 6. The number of ether oxygens (including phenoxy) is 1. The van der Waals surface area contributed by atoms with E-state index in [1.54, 1.807) is 13.3 Å². The number of aliphatic hydroxyl groups excluding tert-OH is 1. The van der Waals surface area contributed by atoms with Crippen molar-refractivity contribution in [1.29, 1.82) is 0 Å². The molecule has 1 aromatic heterocycles. The molecule has 0 radical (unpaired) electrons. The fourth-order valence-electron chi connectivity index (χ4n) is 3.55. The molecule has 8 heteroatoms. The van der Waals surface area contributed by atoms with Crippen LogP contribution in [0.4, 0.5) is 5.69 Å². The molecule has 4 rings (SSSR count). The molecule has 2 heterocycles. The van der Waals surface area contributed by atoms with Gasteiger partial charge in [0.05, 0.1) is 40.8 Å². The summed E-state index contributed by atoms with van der Waals surface area (Å²) in [6.07, 6.45) is 1.43. The van der Waals surface area contributed by atoms with Gasteiger partial charge < -0.3 is 15.2 Å². The number of β-amino-alcohol motifs (C(OH)–C–C–N with tert-alkyl or cyclic N) is 1. The van der Waals surface area contributed by atoms with Crippen molar-refractivity contribution in [2.75, 3.05) is 32.6 Å². The highest BCUT2D eigenvalue weighted by Crippen LogP contribution is 2.41. The molecule has 6 nitrogen and oxygen atoms in total. The van der Waals surface area contributed by atoms with E-state index in [4.69, 9.17) is 27.9 Å². The lowest BCUT2D eigenvalue weighted by Gasteiger charge is -2.35. The van der Waals surface area contributed by atoms with Gasteiger partial charge in [0, 0.05) is 43.4 Å². The first-order chi connectivity index (χ1) is 14.5. The number of benzene rings is 2. The van der Waals surface area contributed by atoms with E-state index >= 15 is 0 Å². The quantitative estimate of drug-likeness (QED) is 0.588. The highest BCUT2D eigenvalue weighted by molar-refractivity contribution is 6.39. The fourth-order valence-corrected chi connectivity index (χ4v) is 4.20. The molecule has 30 heavy (non-hydrogen) atoms. The number of likely N-dealkylation sites (tertiary alicyclic amines) is 1. The van der Waals surface area contributed by atoms with Crippen molar-refractivity contribution in [2.24, 2.45) is 0 Å². The largest absolute Gasteiger partial charge is 0.480 e. The molecule has 2 aromatic carbocycles. The second kappa shape index (κ2) is 8.78. The van der Waals surface area contributed by atoms with E-state index < -0.39 is 0 Å². The van der Waals surface area contributed by atoms with E-state index in [9.17, 15) is 5.11 Å². The molecular formula is C22H22Cl2N4O2. The summed E-state index contributed by atoms with van der Waals surface area (Å²) in [6.45, 7) is 1.84. The molecule has 1 saturated heterocycles. The maximum atomic E-state index is 9.48. The molecular weight excluding hydrogens is 423 g/mol. The Balaban J connectivity index is 1.70. The predicted molar refractivity (Wildman–Crippen MR) is 120 cm³/mol. The average molecular weight is 445 g/mol. The second-order valence-electron chi connectivity index (χ2n) is 7.14. The molecule has 0 bridgehead atoms. The third kappa shape index (κ3) is 3.96. The van der Waals surface area contributed by atoms with Crippen LogP contribution in [0.1, 0.15) is 5.69 Å². The minimum atomic E-state index is -0.266. The fraction of sp³-hybridized carbons (Fsp3) is 0.273. The van der Waals surface area contributed by atoms with E-state index in [1.807, 2.05) is 43.4 Å². The Morgan fingerprint density at radius 3 is 2.43 bits per heavy atom. The summed E-state index contributed by atoms with van der Waals surface area (Å²) in [6, 6.07) is 11.5. The van der Waals surface area contributed by atoms with Crippen LogP contribution in [0.15, 0.2) is 42.6 Å². The van der Waals surface area contributed by atoms with Gasteiger partial charge in [0.2, 0.25) is 5.88 Å². The molecule has 0 spiro atoms. The highest BCUT2D eigenvalue weighted by Gasteiger charge is 2.26. The van der Waals surface area contributed by atoms with Crippen LogP contribution in [0.2, 0.25) is 10.0 Å². The molecule has 0 saturated carbocycles. The Kier molecular flexibility index (Phi) is 6.11. The van der Waals surface area contributed by atoms with Crippen molar-refractivity contribution in [3.8, 4) is 28.3 Å². The third-order valence-corrected chi connectivity index (χ3v) is 5.96. The third-order valence-electron chi connectivity index (χ3n) is 5.15.